The van der Waals surface area contributed by atoms with Crippen molar-refractivity contribution in [3.05, 3.63) is 18.5 Å². The van der Waals surface area contributed by atoms with Gasteiger partial charge in [0, 0.05) is 18.9 Å². The van der Waals surface area contributed by atoms with Gasteiger partial charge in [0.15, 0.2) is 0 Å². The summed E-state index contributed by atoms with van der Waals surface area (Å²) in [6.45, 7) is 1.51. The number of aromatic nitrogens is 2. The van der Waals surface area contributed by atoms with Gasteiger partial charge in [0.25, 0.3) is 0 Å². The summed E-state index contributed by atoms with van der Waals surface area (Å²) in [5, 5.41) is 7.33. The summed E-state index contributed by atoms with van der Waals surface area (Å²) in [5.41, 5.74) is 0. The van der Waals surface area contributed by atoms with Crippen molar-refractivity contribution in [2.45, 2.75) is 25.4 Å². The molecule has 1 saturated carbocycles. The summed E-state index contributed by atoms with van der Waals surface area (Å²) in [4.78, 5) is 11.5. The monoisotopic (exact) mass is 223 g/mol. The Morgan fingerprint density at radius 2 is 2.50 bits per heavy atom. The van der Waals surface area contributed by atoms with Gasteiger partial charge in [-0.05, 0) is 24.8 Å². The molecule has 5 heteroatoms. The second-order valence-electron chi connectivity index (χ2n) is 4.06. The highest BCUT2D eigenvalue weighted by Gasteiger charge is 2.36. The average Bonchev–Trinajstić information content (AvgIpc) is 3.00. The zero-order chi connectivity index (χ0) is 11.4. The molecule has 1 aromatic heterocycles. The zero-order valence-electron chi connectivity index (χ0n) is 9.43. The molecule has 1 aliphatic carbocycles. The van der Waals surface area contributed by atoms with E-state index >= 15 is 0 Å². The lowest BCUT2D eigenvalue weighted by molar-refractivity contribution is -0.143. The van der Waals surface area contributed by atoms with E-state index < -0.39 is 0 Å². The number of esters is 1. The van der Waals surface area contributed by atoms with Crippen LogP contribution in [-0.4, -0.2) is 35.4 Å². The lowest BCUT2D eigenvalue weighted by Gasteiger charge is -2.15. The number of methoxy groups -OCH3 is 1. The van der Waals surface area contributed by atoms with Gasteiger partial charge in [-0.3, -0.25) is 9.48 Å². The Bertz CT molecular complexity index is 333. The molecule has 1 aliphatic rings. The molecule has 0 bridgehead atoms. The number of ether oxygens (including phenoxy) is 1. The van der Waals surface area contributed by atoms with E-state index in [2.05, 4.69) is 10.4 Å². The van der Waals surface area contributed by atoms with E-state index in [1.165, 1.54) is 7.11 Å². The number of hydrogen-bond donors (Lipinski definition) is 1. The van der Waals surface area contributed by atoms with Crippen molar-refractivity contribution < 1.29 is 9.53 Å². The van der Waals surface area contributed by atoms with Gasteiger partial charge >= 0.3 is 5.97 Å². The Morgan fingerprint density at radius 1 is 1.69 bits per heavy atom. The van der Waals surface area contributed by atoms with E-state index in [1.54, 1.807) is 6.20 Å². The molecule has 1 heterocycles. The van der Waals surface area contributed by atoms with Crippen molar-refractivity contribution in [3.63, 3.8) is 0 Å². The van der Waals surface area contributed by atoms with Crippen LogP contribution in [0.1, 0.15) is 12.8 Å². The van der Waals surface area contributed by atoms with Crippen molar-refractivity contribution in [2.75, 3.05) is 13.7 Å². The number of nitrogens with one attached hydrogen (secondary N) is 1. The summed E-state index contributed by atoms with van der Waals surface area (Å²) in [5.74, 6) is 0.313. The molecule has 1 fully saturated rings. The molecule has 16 heavy (non-hydrogen) atoms. The maximum absolute atomic E-state index is 11.5. The summed E-state index contributed by atoms with van der Waals surface area (Å²) < 4.78 is 6.62. The molecule has 0 radical (unpaired) electrons. The average molecular weight is 223 g/mol. The predicted octanol–water partition coefficient (Wildman–Crippen LogP) is 0.424. The van der Waals surface area contributed by atoms with Crippen LogP contribution < -0.4 is 5.32 Å². The Kier molecular flexibility index (Phi) is 3.56. The topological polar surface area (TPSA) is 56.1 Å². The van der Waals surface area contributed by atoms with Crippen molar-refractivity contribution in [1.29, 1.82) is 0 Å². The molecule has 1 aromatic rings. The van der Waals surface area contributed by atoms with Crippen molar-refractivity contribution in [1.82, 2.24) is 15.1 Å². The quantitative estimate of drug-likeness (QED) is 0.710. The SMILES string of the molecule is COC(=O)C(NCCn1cccn1)C1CC1. The van der Waals surface area contributed by atoms with E-state index in [0.717, 1.165) is 25.9 Å². The normalized spacial score (nSPS) is 17.1. The van der Waals surface area contributed by atoms with Crippen LogP contribution in [-0.2, 0) is 16.1 Å². The van der Waals surface area contributed by atoms with E-state index in [9.17, 15) is 4.79 Å². The minimum atomic E-state index is -0.150. The van der Waals surface area contributed by atoms with Gasteiger partial charge in [-0.2, -0.15) is 5.10 Å². The van der Waals surface area contributed by atoms with Gasteiger partial charge in [-0.25, -0.2) is 0 Å². The summed E-state index contributed by atoms with van der Waals surface area (Å²) in [6.07, 6.45) is 5.90. The van der Waals surface area contributed by atoms with E-state index in [4.69, 9.17) is 4.74 Å². The van der Waals surface area contributed by atoms with Crippen molar-refractivity contribution in [2.24, 2.45) is 5.92 Å². The Balaban J connectivity index is 1.76. The number of carbonyl (C=O) groups is 1. The molecule has 0 saturated heterocycles. The smallest absolute Gasteiger partial charge is 0.323 e. The van der Waals surface area contributed by atoms with Crippen LogP contribution in [0.4, 0.5) is 0 Å². The molecule has 1 atom stereocenters. The molecule has 5 nitrogen and oxygen atoms in total. The van der Waals surface area contributed by atoms with E-state index in [-0.39, 0.29) is 12.0 Å². The van der Waals surface area contributed by atoms with Crippen LogP contribution in [0.25, 0.3) is 0 Å². The molecular formula is C11H17N3O2. The maximum Gasteiger partial charge on any atom is 0.323 e. The van der Waals surface area contributed by atoms with Gasteiger partial charge in [-0.1, -0.05) is 0 Å². The first-order valence-corrected chi connectivity index (χ1v) is 5.60. The molecule has 1 N–H and O–H groups in total. The molecule has 2 rings (SSSR count). The van der Waals surface area contributed by atoms with Crippen LogP contribution in [0, 0.1) is 5.92 Å². The second-order valence-corrected chi connectivity index (χ2v) is 4.06. The van der Waals surface area contributed by atoms with Gasteiger partial charge in [0.05, 0.1) is 13.7 Å². The predicted molar refractivity (Wildman–Crippen MR) is 58.8 cm³/mol. The Hall–Kier alpha value is -1.36. The Labute approximate surface area is 94.8 Å². The minimum absolute atomic E-state index is 0.138. The number of rotatable bonds is 6. The van der Waals surface area contributed by atoms with Gasteiger partial charge in [0.2, 0.25) is 0 Å². The van der Waals surface area contributed by atoms with Crippen molar-refractivity contribution in [3.8, 4) is 0 Å². The van der Waals surface area contributed by atoms with Crippen molar-refractivity contribution >= 4 is 5.97 Å². The number of nitrogens with zero attached hydrogens (tertiary/aromatic N) is 2. The standard InChI is InChI=1S/C11H17N3O2/c1-16-11(15)10(9-3-4-9)12-6-8-14-7-2-5-13-14/h2,5,7,9-10,12H,3-4,6,8H2,1H3. The Morgan fingerprint density at radius 3 is 3.06 bits per heavy atom. The largest absolute Gasteiger partial charge is 0.468 e. The third kappa shape index (κ3) is 2.82. The third-order valence-electron chi connectivity index (χ3n) is 2.81. The molecular weight excluding hydrogens is 206 g/mol. The number of carbonyl (C=O) groups excluding carboxylic acids is 1. The van der Waals surface area contributed by atoms with Crippen LogP contribution in [0.3, 0.4) is 0 Å². The molecule has 1 unspecified atom stereocenters. The number of hydrogen-bond acceptors (Lipinski definition) is 4. The van der Waals surface area contributed by atoms with Gasteiger partial charge in [-0.15, -0.1) is 0 Å². The van der Waals surface area contributed by atoms with Crippen LogP contribution >= 0.6 is 0 Å². The highest BCUT2D eigenvalue weighted by molar-refractivity contribution is 5.76. The first-order valence-electron chi connectivity index (χ1n) is 5.60. The minimum Gasteiger partial charge on any atom is -0.468 e. The first-order chi connectivity index (χ1) is 7.81. The summed E-state index contributed by atoms with van der Waals surface area (Å²) >= 11 is 0. The first kappa shape index (κ1) is 11.1. The molecule has 0 aromatic carbocycles. The lowest BCUT2D eigenvalue weighted by Crippen LogP contribution is -2.41. The fourth-order valence-electron chi connectivity index (χ4n) is 1.77. The highest BCUT2D eigenvalue weighted by atomic mass is 16.5. The van der Waals surface area contributed by atoms with Crippen LogP contribution in [0.2, 0.25) is 0 Å². The van der Waals surface area contributed by atoms with E-state index in [0.29, 0.717) is 5.92 Å². The van der Waals surface area contributed by atoms with E-state index in [1.807, 2.05) is 16.9 Å². The molecule has 88 valence electrons. The fraction of sp³-hybridized carbons (Fsp3) is 0.636. The highest BCUT2D eigenvalue weighted by Crippen LogP contribution is 2.33. The fourth-order valence-corrected chi connectivity index (χ4v) is 1.77. The molecule has 0 spiro atoms. The molecule has 0 aliphatic heterocycles. The van der Waals surface area contributed by atoms with Gasteiger partial charge in [0.1, 0.15) is 6.04 Å². The zero-order valence-corrected chi connectivity index (χ0v) is 9.43. The third-order valence-corrected chi connectivity index (χ3v) is 2.81. The second kappa shape index (κ2) is 5.12. The van der Waals surface area contributed by atoms with Crippen LogP contribution in [0.15, 0.2) is 18.5 Å². The summed E-state index contributed by atoms with van der Waals surface area (Å²) in [7, 11) is 1.44. The summed E-state index contributed by atoms with van der Waals surface area (Å²) in [6, 6.07) is 1.75. The lowest BCUT2D eigenvalue weighted by atomic mass is 10.2. The van der Waals surface area contributed by atoms with Crippen LogP contribution in [0.5, 0.6) is 0 Å². The molecule has 0 amide bonds. The maximum atomic E-state index is 11.5. The van der Waals surface area contributed by atoms with Gasteiger partial charge < -0.3 is 10.1 Å².